The first-order chi connectivity index (χ1) is 11.1. The van der Waals surface area contributed by atoms with Gasteiger partial charge in [-0.05, 0) is 25.0 Å². The molecule has 0 spiro atoms. The van der Waals surface area contributed by atoms with Crippen molar-refractivity contribution >= 4 is 23.4 Å². The molecule has 1 aromatic carbocycles. The van der Waals surface area contributed by atoms with Crippen LogP contribution in [0.3, 0.4) is 0 Å². The van der Waals surface area contributed by atoms with E-state index in [1.807, 2.05) is 12.2 Å². The average Bonchev–Trinajstić information content (AvgIpc) is 2.81. The summed E-state index contributed by atoms with van der Waals surface area (Å²) in [5.41, 5.74) is 0.512. The molecule has 3 rings (SSSR count). The molecule has 120 valence electrons. The molecule has 1 heterocycles. The van der Waals surface area contributed by atoms with Crippen molar-refractivity contribution in [2.45, 2.75) is 12.8 Å². The first-order valence-corrected chi connectivity index (χ1v) is 7.55. The van der Waals surface area contributed by atoms with E-state index < -0.39 is 5.91 Å². The molecule has 1 aliphatic carbocycles. The average molecular weight is 314 g/mol. The molecular formula is C17H18N2O4. The lowest BCUT2D eigenvalue weighted by molar-refractivity contribution is -0.142. The van der Waals surface area contributed by atoms with Crippen molar-refractivity contribution in [3.8, 4) is 5.75 Å². The highest BCUT2D eigenvalue weighted by atomic mass is 16.5. The molecule has 1 fully saturated rings. The largest absolute Gasteiger partial charge is 0.495 e. The number of allylic oxidation sites excluding steroid dienone is 2. The lowest BCUT2D eigenvalue weighted by Gasteiger charge is -2.15. The Morgan fingerprint density at radius 2 is 1.78 bits per heavy atom. The lowest BCUT2D eigenvalue weighted by Crippen LogP contribution is -2.38. The van der Waals surface area contributed by atoms with Crippen molar-refractivity contribution in [2.75, 3.05) is 19.0 Å². The number of benzene rings is 1. The molecule has 0 aromatic heterocycles. The van der Waals surface area contributed by atoms with Crippen LogP contribution in [0.25, 0.3) is 0 Å². The summed E-state index contributed by atoms with van der Waals surface area (Å²) in [5, 5.41) is 2.69. The number of nitrogens with zero attached hydrogens (tertiary/aromatic N) is 1. The van der Waals surface area contributed by atoms with Gasteiger partial charge < -0.3 is 10.1 Å². The van der Waals surface area contributed by atoms with Crippen molar-refractivity contribution in [2.24, 2.45) is 11.8 Å². The fourth-order valence-electron chi connectivity index (χ4n) is 3.11. The van der Waals surface area contributed by atoms with Crippen molar-refractivity contribution < 1.29 is 19.1 Å². The Balaban J connectivity index is 1.68. The molecule has 1 aliphatic heterocycles. The number of carbonyl (C=O) groups excluding carboxylic acids is 3. The van der Waals surface area contributed by atoms with Gasteiger partial charge in [0.25, 0.3) is 0 Å². The summed E-state index contributed by atoms with van der Waals surface area (Å²) < 4.78 is 5.17. The second-order valence-corrected chi connectivity index (χ2v) is 5.67. The number of para-hydroxylation sites is 2. The maximum absolute atomic E-state index is 12.3. The Morgan fingerprint density at radius 3 is 2.39 bits per heavy atom. The Bertz CT molecular complexity index is 657. The van der Waals surface area contributed by atoms with Crippen LogP contribution in [-0.4, -0.2) is 36.3 Å². The Labute approximate surface area is 134 Å². The van der Waals surface area contributed by atoms with Gasteiger partial charge in [-0.25, -0.2) is 0 Å². The number of amides is 3. The number of fused-ring (bicyclic) bond motifs is 1. The van der Waals surface area contributed by atoms with E-state index in [1.54, 1.807) is 24.3 Å². The second-order valence-electron chi connectivity index (χ2n) is 5.67. The van der Waals surface area contributed by atoms with Gasteiger partial charge in [0, 0.05) is 0 Å². The molecule has 0 bridgehead atoms. The summed E-state index contributed by atoms with van der Waals surface area (Å²) in [4.78, 5) is 37.9. The SMILES string of the molecule is COc1ccccc1NC(=O)CN1C(=O)[C@H]2CC=CC[C@H]2C1=O. The van der Waals surface area contributed by atoms with Crippen LogP contribution in [0.4, 0.5) is 5.69 Å². The topological polar surface area (TPSA) is 75.7 Å². The zero-order chi connectivity index (χ0) is 16.4. The van der Waals surface area contributed by atoms with E-state index in [1.165, 1.54) is 7.11 Å². The van der Waals surface area contributed by atoms with E-state index in [4.69, 9.17) is 4.74 Å². The second kappa shape index (κ2) is 6.24. The zero-order valence-electron chi connectivity index (χ0n) is 12.8. The van der Waals surface area contributed by atoms with Crippen LogP contribution in [0, 0.1) is 11.8 Å². The third-order valence-electron chi connectivity index (χ3n) is 4.28. The molecular weight excluding hydrogens is 296 g/mol. The van der Waals surface area contributed by atoms with Crippen LogP contribution in [0.2, 0.25) is 0 Å². The fourth-order valence-corrected chi connectivity index (χ4v) is 3.11. The minimum absolute atomic E-state index is 0.250. The summed E-state index contributed by atoms with van der Waals surface area (Å²) in [6.45, 7) is -0.261. The van der Waals surface area contributed by atoms with Gasteiger partial charge >= 0.3 is 0 Å². The smallest absolute Gasteiger partial charge is 0.244 e. The summed E-state index contributed by atoms with van der Waals surface area (Å²) in [7, 11) is 1.51. The number of hydrogen-bond acceptors (Lipinski definition) is 4. The Kier molecular flexibility index (Phi) is 4.14. The van der Waals surface area contributed by atoms with Gasteiger partial charge in [-0.1, -0.05) is 24.3 Å². The van der Waals surface area contributed by atoms with Gasteiger partial charge in [-0.15, -0.1) is 0 Å². The van der Waals surface area contributed by atoms with Crippen LogP contribution in [0.15, 0.2) is 36.4 Å². The summed E-state index contributed by atoms with van der Waals surface area (Å²) in [5.74, 6) is -1.02. The molecule has 3 amide bonds. The first kappa shape index (κ1) is 15.3. The number of likely N-dealkylation sites (tertiary alicyclic amines) is 1. The fraction of sp³-hybridized carbons (Fsp3) is 0.353. The van der Waals surface area contributed by atoms with Crippen molar-refractivity contribution in [3.05, 3.63) is 36.4 Å². The summed E-state index contributed by atoms with van der Waals surface area (Å²) in [6, 6.07) is 6.99. The maximum atomic E-state index is 12.3. The molecule has 1 N–H and O–H groups in total. The van der Waals surface area contributed by atoms with E-state index >= 15 is 0 Å². The highest BCUT2D eigenvalue weighted by Gasteiger charge is 2.47. The van der Waals surface area contributed by atoms with Crippen LogP contribution in [0.5, 0.6) is 5.75 Å². The third kappa shape index (κ3) is 2.84. The Hall–Kier alpha value is -2.63. The number of imide groups is 1. The number of anilines is 1. The van der Waals surface area contributed by atoms with Gasteiger partial charge in [0.1, 0.15) is 12.3 Å². The van der Waals surface area contributed by atoms with Crippen LogP contribution < -0.4 is 10.1 Å². The zero-order valence-corrected chi connectivity index (χ0v) is 12.8. The normalized spacial score (nSPS) is 22.9. The highest BCUT2D eigenvalue weighted by Crippen LogP contribution is 2.35. The van der Waals surface area contributed by atoms with Gasteiger partial charge in [0.2, 0.25) is 17.7 Å². The molecule has 23 heavy (non-hydrogen) atoms. The molecule has 1 saturated heterocycles. The van der Waals surface area contributed by atoms with Crippen molar-refractivity contribution in [1.82, 2.24) is 4.90 Å². The number of hydrogen-bond donors (Lipinski definition) is 1. The van der Waals surface area contributed by atoms with E-state index in [0.29, 0.717) is 24.3 Å². The predicted octanol–water partition coefficient (Wildman–Crippen LogP) is 1.58. The molecule has 2 aliphatic rings. The standard InChI is InChI=1S/C17H18N2O4/c1-23-14-9-5-4-8-13(14)18-15(20)10-19-16(21)11-6-2-3-7-12(11)17(19)22/h2-5,8-9,11-12H,6-7,10H2,1H3,(H,18,20)/t11-,12+. The predicted molar refractivity (Wildman–Crippen MR) is 83.7 cm³/mol. The lowest BCUT2D eigenvalue weighted by atomic mass is 9.85. The molecule has 1 aromatic rings. The number of carbonyl (C=O) groups is 3. The van der Waals surface area contributed by atoms with Gasteiger partial charge in [0.05, 0.1) is 24.6 Å². The highest BCUT2D eigenvalue weighted by molar-refractivity contribution is 6.09. The third-order valence-corrected chi connectivity index (χ3v) is 4.28. The van der Waals surface area contributed by atoms with Crippen LogP contribution in [-0.2, 0) is 14.4 Å². The molecule has 0 radical (unpaired) electrons. The molecule has 6 heteroatoms. The minimum atomic E-state index is -0.414. The molecule has 2 atom stereocenters. The monoisotopic (exact) mass is 314 g/mol. The maximum Gasteiger partial charge on any atom is 0.244 e. The Morgan fingerprint density at radius 1 is 1.17 bits per heavy atom. The van der Waals surface area contributed by atoms with Crippen LogP contribution in [0.1, 0.15) is 12.8 Å². The molecule has 6 nitrogen and oxygen atoms in total. The quantitative estimate of drug-likeness (QED) is 0.676. The summed E-state index contributed by atoms with van der Waals surface area (Å²) in [6.07, 6.45) is 4.98. The number of nitrogens with one attached hydrogen (secondary N) is 1. The van der Waals surface area contributed by atoms with E-state index in [9.17, 15) is 14.4 Å². The van der Waals surface area contributed by atoms with Crippen molar-refractivity contribution in [3.63, 3.8) is 0 Å². The first-order valence-electron chi connectivity index (χ1n) is 7.55. The van der Waals surface area contributed by atoms with Crippen molar-refractivity contribution in [1.29, 1.82) is 0 Å². The minimum Gasteiger partial charge on any atom is -0.495 e. The summed E-state index contributed by atoms with van der Waals surface area (Å²) >= 11 is 0. The van der Waals surface area contributed by atoms with E-state index in [-0.39, 0.29) is 30.2 Å². The van der Waals surface area contributed by atoms with Gasteiger partial charge in [-0.2, -0.15) is 0 Å². The molecule has 0 saturated carbocycles. The van der Waals surface area contributed by atoms with Gasteiger partial charge in [-0.3, -0.25) is 19.3 Å². The van der Waals surface area contributed by atoms with Crippen LogP contribution >= 0.6 is 0 Å². The number of rotatable bonds is 4. The van der Waals surface area contributed by atoms with E-state index in [2.05, 4.69) is 5.32 Å². The molecule has 0 unspecified atom stereocenters. The number of ether oxygens (including phenoxy) is 1. The van der Waals surface area contributed by atoms with Gasteiger partial charge in [0.15, 0.2) is 0 Å². The van der Waals surface area contributed by atoms with E-state index in [0.717, 1.165) is 4.90 Å². The number of methoxy groups -OCH3 is 1.